The van der Waals surface area contributed by atoms with Crippen LogP contribution in [0.4, 0.5) is 0 Å². The standard InChI is InChI=1S/3C10H15N.C9H14N2.C9H13NO.3C9H13N.C8H12N2.C8H16O.C7H11N3.C7H10N2.2C7H14O/c2*1-7(2)10-5-8(3)9(4)6-11-10;1-7(2)10-6-5-8(3)9(4)11-10;1-6(2)9-10-7(3)5-8(4)11-9;1-6(2)8-4-5-9(11)7(3)10-8;1-7(2)9-4-5-10-8(3)6-9;2*1-7(2)9-6-8(3)4-5-10-9;1-6(2)8-9-4-7(3)5-10-8;1-7(2)8-3-5-9-6-4-8;1-5(2)7-9-4-8-6(3)10-7;1-6(2)7-3-8-5-9-4-7;1-6(2)7-3-4-8-5-7;1-6(2)7-4-3-5-8-7/h3*5-7H,1-4H3;5-6H,1-4H3;4-7H,1-3H3;3*4-7H,1-3H3;4-6H,1-3H3;7-8H,3-6H2,1-2H3;4-5H,1-3H3;3-6H,1-2H3;2*6-7H,3-5H2,1-2H3. The minimum Gasteiger partial charge on any atom is -0.381 e. The molecule has 0 aliphatic carbocycles. The number of allylic oxidation sites excluding steroid dienone is 1. The number of dihydropyridines is 1. The predicted molar refractivity (Wildman–Crippen MR) is 586 cm³/mol. The molecule has 14 rings (SSSR count). The number of carbonyl (C=O) groups excluding carboxylic acids is 1. The number of hydrogen-bond acceptors (Lipinski definition) is 20. The van der Waals surface area contributed by atoms with Crippen LogP contribution in [-0.4, -0.2) is 131 Å². The summed E-state index contributed by atoms with van der Waals surface area (Å²) < 4.78 is 15.9. The van der Waals surface area contributed by atoms with Crippen molar-refractivity contribution in [3.63, 3.8) is 0 Å². The number of ketones is 1. The molecule has 14 heterocycles. The van der Waals surface area contributed by atoms with Crippen LogP contribution in [0.25, 0.3) is 0 Å². The number of ether oxygens (including phenoxy) is 3. The maximum atomic E-state index is 11.0. The molecule has 20 heteroatoms. The second kappa shape index (κ2) is 69.9. The maximum Gasteiger partial charge on any atom is 0.179 e. The lowest BCUT2D eigenvalue weighted by Crippen LogP contribution is -2.20. The molecule has 0 radical (unpaired) electrons. The summed E-state index contributed by atoms with van der Waals surface area (Å²) in [4.78, 5) is 77.8. The van der Waals surface area contributed by atoms with E-state index in [1.165, 1.54) is 111 Å². The fraction of sp³-hybridized carbons (Fsp3) is 0.588. The average Bonchev–Trinajstić information content (AvgIpc) is 1.64. The van der Waals surface area contributed by atoms with Crippen LogP contribution in [0, 0.1) is 126 Å². The van der Waals surface area contributed by atoms with Crippen molar-refractivity contribution >= 4 is 11.5 Å². The first-order valence-corrected chi connectivity index (χ1v) is 51.4. The lowest BCUT2D eigenvalue weighted by Gasteiger charge is -2.24. The van der Waals surface area contributed by atoms with E-state index in [4.69, 9.17) is 14.2 Å². The van der Waals surface area contributed by atoms with Crippen LogP contribution in [0.1, 0.15) is 422 Å². The van der Waals surface area contributed by atoms with Gasteiger partial charge >= 0.3 is 0 Å². The topological polar surface area (TPSA) is 250 Å². The van der Waals surface area contributed by atoms with E-state index in [2.05, 4.69) is 378 Å². The van der Waals surface area contributed by atoms with Gasteiger partial charge in [0.15, 0.2) is 5.78 Å². The lowest BCUT2D eigenvalue weighted by molar-refractivity contribution is -0.115. The SMILES string of the molecule is CC(C)C1=NC(C)C(=O)C=C1.CC(C)C1CCCO1.CC(C)C1CCOC1.CC(C)C1CCOCC1.CC(C)c1cncnc1.Cc1cc(C(C)C)ccn1.Cc1cc(C)nc(C(C)C)n1.Cc1ccc(C(C)C)nc1C.Cc1ccnc(C(C)C)c1.Cc1ccnc(C(C)C)c1.Cc1cnc(C(C)C)cc1C.Cc1cnc(C(C)C)cc1C.Cc1cnc(C(C)C)nc1.Cc1ncnc(C(C)C)n1. The van der Waals surface area contributed by atoms with Gasteiger partial charge in [0.05, 0.1) is 6.10 Å². The van der Waals surface area contributed by atoms with Gasteiger partial charge in [0.2, 0.25) is 0 Å². The van der Waals surface area contributed by atoms with Crippen molar-refractivity contribution in [2.45, 2.75) is 394 Å². The molecule has 3 saturated heterocycles. The van der Waals surface area contributed by atoms with Gasteiger partial charge in [0.25, 0.3) is 0 Å². The number of aliphatic imine (C=N–C) groups is 1. The Morgan fingerprint density at radius 3 is 1.10 bits per heavy atom. The highest BCUT2D eigenvalue weighted by Gasteiger charge is 2.21. The summed E-state index contributed by atoms with van der Waals surface area (Å²) in [5.74, 6) is 13.3. The number of nitrogens with zero attached hydrogens (tertiary/aromatic N) is 16. The molecule has 139 heavy (non-hydrogen) atoms. The van der Waals surface area contributed by atoms with Crippen molar-refractivity contribution < 1.29 is 19.0 Å². The molecule has 0 amide bonds. The highest BCUT2D eigenvalue weighted by Crippen LogP contribution is 2.26. The Labute approximate surface area is 845 Å². The van der Waals surface area contributed by atoms with Gasteiger partial charge in [-0.2, -0.15) is 0 Å². The van der Waals surface area contributed by atoms with Crippen molar-refractivity contribution in [3.05, 3.63) is 277 Å². The first-order valence-electron chi connectivity index (χ1n) is 51.4. The smallest absolute Gasteiger partial charge is 0.179 e. The molecule has 768 valence electrons. The number of hydrogen-bond donors (Lipinski definition) is 0. The molecule has 3 unspecified atom stereocenters. The lowest BCUT2D eigenvalue weighted by atomic mass is 9.89. The molecule has 0 aromatic carbocycles. The van der Waals surface area contributed by atoms with Crippen molar-refractivity contribution in [1.82, 2.24) is 74.8 Å². The highest BCUT2D eigenvalue weighted by molar-refractivity contribution is 6.08. The predicted octanol–water partition coefficient (Wildman–Crippen LogP) is 30.2. The minimum atomic E-state index is -0.169. The molecule has 0 N–H and O–H groups in total. The van der Waals surface area contributed by atoms with Gasteiger partial charge < -0.3 is 14.2 Å². The minimum absolute atomic E-state index is 0.106. The molecule has 3 atom stereocenters. The Bertz CT molecular complexity index is 4650. The summed E-state index contributed by atoms with van der Waals surface area (Å²) in [6.07, 6.45) is 30.3. The van der Waals surface area contributed by atoms with Crippen LogP contribution >= 0.6 is 0 Å². The molecule has 0 bridgehead atoms. The third-order valence-electron chi connectivity index (χ3n) is 23.5. The van der Waals surface area contributed by atoms with Crippen LogP contribution in [-0.2, 0) is 19.0 Å². The zero-order chi connectivity index (χ0) is 105. The van der Waals surface area contributed by atoms with E-state index in [0.717, 1.165) is 120 Å². The average molecular weight is 1910 g/mol. The number of aryl methyl sites for hydroxylation is 13. The first kappa shape index (κ1) is 127. The van der Waals surface area contributed by atoms with E-state index < -0.39 is 0 Å². The fourth-order valence-corrected chi connectivity index (χ4v) is 13.1. The molecule has 4 aliphatic rings. The van der Waals surface area contributed by atoms with Gasteiger partial charge in [-0.15, -0.1) is 0 Å². The van der Waals surface area contributed by atoms with Crippen molar-refractivity contribution in [2.24, 2.45) is 40.5 Å². The number of carbonyl (C=O) groups is 1. The van der Waals surface area contributed by atoms with Gasteiger partial charge in [-0.05, 0) is 334 Å². The summed E-state index contributed by atoms with van der Waals surface area (Å²) in [7, 11) is 0. The van der Waals surface area contributed by atoms with Gasteiger partial charge in [0.1, 0.15) is 42.0 Å². The second-order valence-electron chi connectivity index (χ2n) is 41.5. The number of aromatic nitrogens is 15. The zero-order valence-corrected chi connectivity index (χ0v) is 94.6. The quantitative estimate of drug-likeness (QED) is 0.0981. The summed E-state index contributed by atoms with van der Waals surface area (Å²) in [5, 5.41) is 0. The monoisotopic (exact) mass is 1910 g/mol. The fourth-order valence-electron chi connectivity index (χ4n) is 13.1. The molecule has 10 aromatic heterocycles. The van der Waals surface area contributed by atoms with Crippen LogP contribution in [0.2, 0.25) is 0 Å². The van der Waals surface area contributed by atoms with E-state index in [1.807, 2.05) is 122 Å². The first-order chi connectivity index (χ1) is 65.2. The van der Waals surface area contributed by atoms with Crippen molar-refractivity contribution in [3.8, 4) is 0 Å². The van der Waals surface area contributed by atoms with Gasteiger partial charge in [-0.1, -0.05) is 200 Å². The second-order valence-corrected chi connectivity index (χ2v) is 41.5. The Kier molecular flexibility index (Phi) is 63.9. The molecular formula is C119H188N16O4. The van der Waals surface area contributed by atoms with Gasteiger partial charge in [-0.3, -0.25) is 39.7 Å². The van der Waals surface area contributed by atoms with E-state index in [0.29, 0.717) is 71.2 Å². The van der Waals surface area contributed by atoms with Crippen LogP contribution < -0.4 is 0 Å². The Morgan fingerprint density at radius 1 is 0.317 bits per heavy atom. The summed E-state index contributed by atoms with van der Waals surface area (Å²) in [6, 6.07) is 22.9. The van der Waals surface area contributed by atoms with E-state index in [1.54, 1.807) is 18.7 Å². The molecule has 4 aliphatic heterocycles. The van der Waals surface area contributed by atoms with E-state index >= 15 is 0 Å². The van der Waals surface area contributed by atoms with Crippen LogP contribution in [0.15, 0.2) is 152 Å². The van der Waals surface area contributed by atoms with Gasteiger partial charge in [0, 0.05) is 164 Å². The largest absolute Gasteiger partial charge is 0.381 e. The third kappa shape index (κ3) is 56.4. The number of rotatable bonds is 14. The third-order valence-corrected chi connectivity index (χ3v) is 23.5. The van der Waals surface area contributed by atoms with Crippen molar-refractivity contribution in [2.75, 3.05) is 33.0 Å². The van der Waals surface area contributed by atoms with E-state index in [-0.39, 0.29) is 11.8 Å². The Morgan fingerprint density at radius 2 is 0.777 bits per heavy atom. The molecule has 0 saturated carbocycles. The van der Waals surface area contributed by atoms with Crippen molar-refractivity contribution in [1.29, 1.82) is 0 Å². The summed E-state index contributed by atoms with van der Waals surface area (Å²) >= 11 is 0. The van der Waals surface area contributed by atoms with Crippen LogP contribution in [0.3, 0.4) is 0 Å². The molecular weight excluding hydrogens is 1720 g/mol. The Balaban J connectivity index is 0.000000749. The Hall–Kier alpha value is -9.89. The van der Waals surface area contributed by atoms with Gasteiger partial charge in [-0.25, -0.2) is 44.9 Å². The molecule has 20 nitrogen and oxygen atoms in total. The molecule has 0 spiro atoms. The normalized spacial score (nSPS) is 14.6. The molecule has 3 fully saturated rings. The summed E-state index contributed by atoms with van der Waals surface area (Å²) in [6.45, 7) is 93.9. The maximum absolute atomic E-state index is 11.0. The number of pyridine rings is 6. The highest BCUT2D eigenvalue weighted by atomic mass is 16.5. The van der Waals surface area contributed by atoms with Crippen LogP contribution in [0.5, 0.6) is 0 Å². The molecule has 10 aromatic rings. The van der Waals surface area contributed by atoms with E-state index in [9.17, 15) is 4.79 Å². The summed E-state index contributed by atoms with van der Waals surface area (Å²) in [5.41, 5.74) is 24.1. The zero-order valence-electron chi connectivity index (χ0n) is 94.6.